The Labute approximate surface area is 298 Å². The lowest BCUT2D eigenvalue weighted by molar-refractivity contribution is -0.148. The number of hydrogen-bond donors (Lipinski definition) is 2. The number of nitrogens with one attached hydrogen (secondary N) is 1. The van der Waals surface area contributed by atoms with Crippen LogP contribution in [0.5, 0.6) is 0 Å². The summed E-state index contributed by atoms with van der Waals surface area (Å²) in [6.07, 6.45) is 1.61. The van der Waals surface area contributed by atoms with E-state index >= 15 is 0 Å². The molecule has 4 aromatic rings. The lowest BCUT2D eigenvalue weighted by Crippen LogP contribution is -2.48. The second-order valence-electron chi connectivity index (χ2n) is 14.9. The summed E-state index contributed by atoms with van der Waals surface area (Å²) in [4.78, 5) is 43.0. The summed E-state index contributed by atoms with van der Waals surface area (Å²) in [6, 6.07) is 9.74. The first-order chi connectivity index (χ1) is 23.8. The number of aromatic amines is 1. The van der Waals surface area contributed by atoms with Crippen LogP contribution in [0.15, 0.2) is 59.1 Å². The van der Waals surface area contributed by atoms with Crippen molar-refractivity contribution in [1.29, 1.82) is 0 Å². The minimum absolute atomic E-state index is 0.0832. The number of rotatable bonds is 6. The number of hydrogen-bond acceptors (Lipinski definition) is 9. The molecule has 51 heavy (non-hydrogen) atoms. The highest BCUT2D eigenvalue weighted by molar-refractivity contribution is 7.91. The second kappa shape index (κ2) is 13.2. The Bertz CT molecular complexity index is 2160. The third kappa shape index (κ3) is 7.15. The normalized spacial score (nSPS) is 17.0. The Morgan fingerprint density at radius 3 is 2.51 bits per heavy atom. The number of sulfone groups is 1. The second-order valence-corrected chi connectivity index (χ2v) is 16.7. The Morgan fingerprint density at radius 2 is 1.84 bits per heavy atom. The molecule has 2 aromatic carbocycles. The van der Waals surface area contributed by atoms with E-state index in [1.54, 1.807) is 48.9 Å². The molecule has 0 bridgehead atoms. The van der Waals surface area contributed by atoms with Gasteiger partial charge in [-0.1, -0.05) is 18.7 Å². The van der Waals surface area contributed by atoms with Crippen LogP contribution in [0.2, 0.25) is 0 Å². The van der Waals surface area contributed by atoms with Crippen LogP contribution < -0.4 is 0 Å². The Morgan fingerprint density at radius 1 is 1.10 bits per heavy atom. The van der Waals surface area contributed by atoms with Crippen LogP contribution in [-0.4, -0.2) is 87.8 Å². The molecule has 270 valence electrons. The maximum Gasteiger partial charge on any atom is 0.410 e. The van der Waals surface area contributed by atoms with Crippen LogP contribution in [0, 0.1) is 6.92 Å². The van der Waals surface area contributed by atoms with E-state index in [0.29, 0.717) is 47.4 Å². The van der Waals surface area contributed by atoms with Crippen molar-refractivity contribution in [2.24, 2.45) is 0 Å². The predicted molar refractivity (Wildman–Crippen MR) is 193 cm³/mol. The van der Waals surface area contributed by atoms with E-state index in [9.17, 15) is 23.1 Å². The largest absolute Gasteiger partial charge is 0.444 e. The monoisotopic (exact) mass is 715 g/mol. The fourth-order valence-electron chi connectivity index (χ4n) is 6.60. The van der Waals surface area contributed by atoms with Gasteiger partial charge in [0.05, 0.1) is 24.2 Å². The number of nitrogens with zero attached hydrogens (tertiary/aromatic N) is 4. The molecule has 2 aliphatic heterocycles. The van der Waals surface area contributed by atoms with Crippen molar-refractivity contribution in [2.45, 2.75) is 88.6 Å². The first kappa shape index (κ1) is 36.2. The zero-order chi connectivity index (χ0) is 37.0. The third-order valence-corrected chi connectivity index (χ3v) is 10.7. The minimum Gasteiger partial charge on any atom is -0.444 e. The molecule has 13 heteroatoms. The third-order valence-electron chi connectivity index (χ3n) is 9.06. The predicted octanol–water partition coefficient (Wildman–Crippen LogP) is 5.76. The number of benzene rings is 2. The molecule has 2 aliphatic rings. The van der Waals surface area contributed by atoms with E-state index in [1.165, 1.54) is 19.9 Å². The molecule has 0 spiro atoms. The van der Waals surface area contributed by atoms with Gasteiger partial charge in [-0.25, -0.2) is 23.2 Å². The Kier molecular flexibility index (Phi) is 9.36. The summed E-state index contributed by atoms with van der Waals surface area (Å²) in [5.41, 5.74) is 3.57. The van der Waals surface area contributed by atoms with Gasteiger partial charge >= 0.3 is 6.09 Å². The summed E-state index contributed by atoms with van der Waals surface area (Å²) >= 11 is 0. The number of aliphatic hydroxyl groups is 1. The van der Waals surface area contributed by atoms with Crippen molar-refractivity contribution in [1.82, 2.24) is 24.8 Å². The molecule has 2 aromatic heterocycles. The highest BCUT2D eigenvalue weighted by Crippen LogP contribution is 2.40. The zero-order valence-electron chi connectivity index (χ0n) is 30.2. The summed E-state index contributed by atoms with van der Waals surface area (Å²) in [5, 5.41) is 10.4. The lowest BCUT2D eigenvalue weighted by atomic mass is 9.87. The van der Waals surface area contributed by atoms with Gasteiger partial charge in [0.15, 0.2) is 10.7 Å². The number of ether oxygens (including phenoxy) is 2. The SMILES string of the molecule is C=C(C)c1c[nH]c2nc(S(=O)(=O)c3cccc(C)c3)c(-c3cc4c(c([C@@H]5COCCN5C(=O)OC(C)(C)C)c3)CN(C(=O)C(C)(C)O)CC4)nc12. The molecule has 12 nitrogen and oxygen atoms in total. The van der Waals surface area contributed by atoms with E-state index in [0.717, 1.165) is 22.3 Å². The molecule has 2 N–H and O–H groups in total. The number of morpholine rings is 1. The molecular weight excluding hydrogens is 671 g/mol. The molecule has 1 fully saturated rings. The van der Waals surface area contributed by atoms with Gasteiger partial charge in [0.25, 0.3) is 5.91 Å². The first-order valence-corrected chi connectivity index (χ1v) is 18.5. The van der Waals surface area contributed by atoms with Crippen LogP contribution >= 0.6 is 0 Å². The highest BCUT2D eigenvalue weighted by Gasteiger charge is 2.38. The summed E-state index contributed by atoms with van der Waals surface area (Å²) in [7, 11) is -4.19. The molecule has 0 saturated carbocycles. The van der Waals surface area contributed by atoms with Gasteiger partial charge in [-0.3, -0.25) is 9.69 Å². The van der Waals surface area contributed by atoms with E-state index in [2.05, 4.69) is 11.6 Å². The van der Waals surface area contributed by atoms with Crippen molar-refractivity contribution >= 4 is 38.6 Å². The number of H-pyrrole nitrogens is 1. The Hall–Kier alpha value is -4.59. The average Bonchev–Trinajstić information content (AvgIpc) is 3.49. The van der Waals surface area contributed by atoms with Crippen molar-refractivity contribution in [3.63, 3.8) is 0 Å². The van der Waals surface area contributed by atoms with Gasteiger partial charge in [-0.05, 0) is 107 Å². The van der Waals surface area contributed by atoms with E-state index in [-0.39, 0.29) is 35.3 Å². The molecule has 6 rings (SSSR count). The maximum absolute atomic E-state index is 14.4. The van der Waals surface area contributed by atoms with Gasteiger partial charge in [0.2, 0.25) is 9.84 Å². The van der Waals surface area contributed by atoms with Crippen LogP contribution in [0.25, 0.3) is 28.0 Å². The van der Waals surface area contributed by atoms with Crippen molar-refractivity contribution < 1.29 is 32.6 Å². The summed E-state index contributed by atoms with van der Waals surface area (Å²) < 4.78 is 40.6. The molecular formula is C38H45N5O7S. The molecule has 0 radical (unpaired) electrons. The number of allylic oxidation sites excluding steroid dienone is 1. The number of carbonyl (C=O) groups is 2. The Balaban J connectivity index is 1.61. The molecule has 4 heterocycles. The standard InChI is InChI=1S/C38H45N5O7S/c1-22(2)28-19-39-33-32(28)40-31(34(41-33)51(47,48)26-11-9-10-23(3)16-26)25-17-24-12-13-42(35(44)38(7,8)46)20-29(24)27(18-25)30-21-49-15-14-43(30)36(45)50-37(4,5)6/h9-11,16-19,30,46H,1,12-15,20-21H2,2-8H3,(H,39,41)/t30-/m0/s1. The van der Waals surface area contributed by atoms with Crippen molar-refractivity contribution in [3.05, 3.63) is 77.0 Å². The van der Waals surface area contributed by atoms with Crippen LogP contribution in [0.4, 0.5) is 4.79 Å². The fraction of sp³-hybridized carbons (Fsp3) is 0.421. The van der Waals surface area contributed by atoms with E-state index in [4.69, 9.17) is 19.4 Å². The van der Waals surface area contributed by atoms with Gasteiger partial charge in [-0.2, -0.15) is 0 Å². The fourth-order valence-corrected chi connectivity index (χ4v) is 8.06. The molecule has 1 saturated heterocycles. The summed E-state index contributed by atoms with van der Waals surface area (Å²) in [6.45, 7) is 17.3. The van der Waals surface area contributed by atoms with E-state index in [1.807, 2.05) is 32.0 Å². The first-order valence-electron chi connectivity index (χ1n) is 17.0. The van der Waals surface area contributed by atoms with Crippen LogP contribution in [0.3, 0.4) is 0 Å². The van der Waals surface area contributed by atoms with Gasteiger partial charge in [0.1, 0.15) is 22.4 Å². The average molecular weight is 716 g/mol. The minimum atomic E-state index is -4.19. The zero-order valence-corrected chi connectivity index (χ0v) is 31.0. The highest BCUT2D eigenvalue weighted by atomic mass is 32.2. The quantitative estimate of drug-likeness (QED) is 0.253. The van der Waals surface area contributed by atoms with E-state index < -0.39 is 39.1 Å². The number of aromatic nitrogens is 3. The van der Waals surface area contributed by atoms with Gasteiger partial charge < -0.3 is 24.5 Å². The van der Waals surface area contributed by atoms with Crippen LogP contribution in [0.1, 0.15) is 75.4 Å². The molecule has 0 aliphatic carbocycles. The number of aryl methyl sites for hydroxylation is 1. The van der Waals surface area contributed by atoms with Crippen molar-refractivity contribution in [2.75, 3.05) is 26.3 Å². The van der Waals surface area contributed by atoms with Gasteiger partial charge in [-0.15, -0.1) is 0 Å². The number of carbonyl (C=O) groups excluding carboxylic acids is 2. The maximum atomic E-state index is 14.4. The molecule has 0 unspecified atom stereocenters. The van der Waals surface area contributed by atoms with Gasteiger partial charge in [0, 0.05) is 37.0 Å². The lowest BCUT2D eigenvalue weighted by Gasteiger charge is -2.40. The summed E-state index contributed by atoms with van der Waals surface area (Å²) in [5.74, 6) is -0.422. The smallest absolute Gasteiger partial charge is 0.410 e. The molecule has 2 amide bonds. The van der Waals surface area contributed by atoms with Crippen molar-refractivity contribution in [3.8, 4) is 11.3 Å². The number of amides is 2. The number of fused-ring (bicyclic) bond motifs is 2. The van der Waals surface area contributed by atoms with Crippen LogP contribution in [-0.2, 0) is 37.1 Å². The topological polar surface area (TPSA) is 155 Å². The molecule has 1 atom stereocenters.